The zero-order chi connectivity index (χ0) is 15.0. The Balaban J connectivity index is 2.20. The second kappa shape index (κ2) is 5.46. The van der Waals surface area contributed by atoms with E-state index >= 15 is 0 Å². The highest BCUT2D eigenvalue weighted by atomic mass is 35.5. The number of halogens is 1. The molecule has 1 saturated heterocycles. The maximum absolute atomic E-state index is 12.0. The fraction of sp³-hybridized carbons (Fsp3) is 0.500. The average Bonchev–Trinajstić information content (AvgIpc) is 2.82. The van der Waals surface area contributed by atoms with E-state index in [1.54, 1.807) is 6.92 Å². The Bertz CT molecular complexity index is 557. The highest BCUT2D eigenvalue weighted by molar-refractivity contribution is 8.15. The van der Waals surface area contributed by atoms with E-state index in [0.29, 0.717) is 5.04 Å². The van der Waals surface area contributed by atoms with Gasteiger partial charge in [-0.3, -0.25) is 9.79 Å². The molecule has 20 heavy (non-hydrogen) atoms. The van der Waals surface area contributed by atoms with Crippen molar-refractivity contribution in [2.24, 2.45) is 10.9 Å². The standard InChI is InChI=1S/C12H12ClN3O3S/c1-5(3-13)8(12(18)19)16-10(17)7-11(16)20-9(15-7)6(2)4-14/h6-8,11H,1,3H2,2H3,(H,18,19). The third-order valence-corrected chi connectivity index (χ3v) is 4.96. The predicted octanol–water partition coefficient (Wildman–Crippen LogP) is 1.08. The summed E-state index contributed by atoms with van der Waals surface area (Å²) in [5.74, 6) is -1.96. The third-order valence-electron chi connectivity index (χ3n) is 3.19. The number of hydrogen-bond donors (Lipinski definition) is 1. The highest BCUT2D eigenvalue weighted by Gasteiger charge is 2.56. The summed E-state index contributed by atoms with van der Waals surface area (Å²) in [6.45, 7) is 5.30. The number of aliphatic imine (C=N–C) groups is 1. The van der Waals surface area contributed by atoms with Gasteiger partial charge in [0.1, 0.15) is 5.37 Å². The quantitative estimate of drug-likeness (QED) is 0.465. The molecule has 0 bridgehead atoms. The topological polar surface area (TPSA) is 93.8 Å². The van der Waals surface area contributed by atoms with Crippen molar-refractivity contribution >= 4 is 40.3 Å². The number of carboxylic acid groups (broad SMARTS) is 1. The molecule has 0 aromatic carbocycles. The van der Waals surface area contributed by atoms with Gasteiger partial charge in [0.2, 0.25) is 0 Å². The Morgan fingerprint density at radius 1 is 1.75 bits per heavy atom. The molecule has 0 radical (unpaired) electrons. The summed E-state index contributed by atoms with van der Waals surface area (Å²) in [6, 6.07) is 0.329. The van der Waals surface area contributed by atoms with Gasteiger partial charge >= 0.3 is 5.97 Å². The number of nitrogens with zero attached hydrogens (tertiary/aromatic N) is 3. The van der Waals surface area contributed by atoms with E-state index in [0.717, 1.165) is 0 Å². The number of carboxylic acids is 1. The second-order valence-electron chi connectivity index (χ2n) is 4.55. The van der Waals surface area contributed by atoms with E-state index in [1.165, 1.54) is 16.7 Å². The van der Waals surface area contributed by atoms with E-state index < -0.39 is 24.0 Å². The zero-order valence-corrected chi connectivity index (χ0v) is 12.2. The normalized spacial score (nSPS) is 26.9. The highest BCUT2D eigenvalue weighted by Crippen LogP contribution is 2.42. The molecule has 2 aliphatic heterocycles. The van der Waals surface area contributed by atoms with Crippen molar-refractivity contribution in [3.05, 3.63) is 12.2 Å². The molecule has 4 atom stereocenters. The van der Waals surface area contributed by atoms with Gasteiger partial charge in [0.05, 0.1) is 17.0 Å². The smallest absolute Gasteiger partial charge is 0.330 e. The molecule has 1 amide bonds. The lowest BCUT2D eigenvalue weighted by molar-refractivity contribution is -0.157. The minimum absolute atomic E-state index is 0.0366. The number of aliphatic carboxylic acids is 1. The van der Waals surface area contributed by atoms with Gasteiger partial charge in [-0.25, -0.2) is 4.79 Å². The lowest BCUT2D eigenvalue weighted by atomic mass is 10.00. The minimum atomic E-state index is -1.16. The van der Waals surface area contributed by atoms with E-state index in [2.05, 4.69) is 17.6 Å². The van der Waals surface area contributed by atoms with E-state index in [1.807, 2.05) is 0 Å². The molecule has 1 N–H and O–H groups in total. The third kappa shape index (κ3) is 2.19. The molecule has 2 heterocycles. The van der Waals surface area contributed by atoms with Gasteiger partial charge in [-0.05, 0) is 12.5 Å². The Hall–Kier alpha value is -1.52. The SMILES string of the molecule is C=C(CCl)C(C(=O)O)N1C(=O)C2N=C(C(C)C#N)SC21. The van der Waals surface area contributed by atoms with Crippen LogP contribution in [0, 0.1) is 17.2 Å². The summed E-state index contributed by atoms with van der Waals surface area (Å²) >= 11 is 6.89. The van der Waals surface area contributed by atoms with Crippen LogP contribution in [0.25, 0.3) is 0 Å². The van der Waals surface area contributed by atoms with Crippen LogP contribution >= 0.6 is 23.4 Å². The number of carbonyl (C=O) groups is 2. The molecule has 0 aromatic rings. The van der Waals surface area contributed by atoms with Crippen molar-refractivity contribution in [1.29, 1.82) is 5.26 Å². The predicted molar refractivity (Wildman–Crippen MR) is 75.5 cm³/mol. The van der Waals surface area contributed by atoms with Crippen molar-refractivity contribution in [3.8, 4) is 6.07 Å². The van der Waals surface area contributed by atoms with Crippen molar-refractivity contribution in [1.82, 2.24) is 4.90 Å². The van der Waals surface area contributed by atoms with E-state index in [9.17, 15) is 14.7 Å². The number of thioether (sulfide) groups is 1. The van der Waals surface area contributed by atoms with Crippen molar-refractivity contribution in [3.63, 3.8) is 0 Å². The van der Waals surface area contributed by atoms with Gasteiger partial charge in [0.25, 0.3) is 5.91 Å². The monoisotopic (exact) mass is 313 g/mol. The number of fused-ring (bicyclic) bond motifs is 1. The molecule has 6 nitrogen and oxygen atoms in total. The van der Waals surface area contributed by atoms with E-state index in [4.69, 9.17) is 16.9 Å². The minimum Gasteiger partial charge on any atom is -0.479 e. The van der Waals surface area contributed by atoms with Gasteiger partial charge in [0.15, 0.2) is 12.1 Å². The molecule has 0 aromatic heterocycles. The summed E-state index contributed by atoms with van der Waals surface area (Å²) in [5, 5.41) is 18.3. The fourth-order valence-corrected chi connectivity index (χ4v) is 3.58. The van der Waals surface area contributed by atoms with Gasteiger partial charge < -0.3 is 10.0 Å². The van der Waals surface area contributed by atoms with Crippen LogP contribution in [-0.4, -0.2) is 50.3 Å². The number of carbonyl (C=O) groups excluding carboxylic acids is 1. The van der Waals surface area contributed by atoms with Crippen LogP contribution in [0.1, 0.15) is 6.92 Å². The number of likely N-dealkylation sites (tertiary alicyclic amines) is 1. The van der Waals surface area contributed by atoms with Crippen LogP contribution < -0.4 is 0 Å². The summed E-state index contributed by atoms with van der Waals surface area (Å²) in [5.41, 5.74) is 0.258. The molecular formula is C12H12ClN3O3S. The molecule has 0 spiro atoms. The van der Waals surface area contributed by atoms with Crippen molar-refractivity contribution in [2.75, 3.05) is 5.88 Å². The molecular weight excluding hydrogens is 302 g/mol. The largest absolute Gasteiger partial charge is 0.479 e. The van der Waals surface area contributed by atoms with Crippen molar-refractivity contribution < 1.29 is 14.7 Å². The Labute approximate surface area is 125 Å². The molecule has 106 valence electrons. The molecule has 2 rings (SSSR count). The van der Waals surface area contributed by atoms with Crippen LogP contribution in [0.15, 0.2) is 17.1 Å². The first-order valence-corrected chi connectivity index (χ1v) is 7.26. The molecule has 0 aliphatic carbocycles. The van der Waals surface area contributed by atoms with Gasteiger partial charge in [-0.1, -0.05) is 18.3 Å². The first-order chi connectivity index (χ1) is 9.42. The molecule has 4 unspecified atom stereocenters. The van der Waals surface area contributed by atoms with Crippen LogP contribution in [0.4, 0.5) is 0 Å². The fourth-order valence-electron chi connectivity index (χ4n) is 2.11. The first kappa shape index (κ1) is 14.9. The Kier molecular flexibility index (Phi) is 4.06. The van der Waals surface area contributed by atoms with Crippen LogP contribution in [0.3, 0.4) is 0 Å². The number of nitriles is 1. The van der Waals surface area contributed by atoms with Gasteiger partial charge in [-0.2, -0.15) is 5.26 Å². The van der Waals surface area contributed by atoms with Crippen LogP contribution in [0.2, 0.25) is 0 Å². The first-order valence-electron chi connectivity index (χ1n) is 5.85. The Morgan fingerprint density at radius 2 is 2.40 bits per heavy atom. The number of alkyl halides is 1. The number of amides is 1. The summed E-state index contributed by atoms with van der Waals surface area (Å²) in [4.78, 5) is 28.8. The molecule has 0 saturated carbocycles. The zero-order valence-electron chi connectivity index (χ0n) is 10.6. The van der Waals surface area contributed by atoms with Crippen molar-refractivity contribution in [2.45, 2.75) is 24.4 Å². The molecule has 8 heteroatoms. The number of hydrogen-bond acceptors (Lipinski definition) is 5. The second-order valence-corrected chi connectivity index (χ2v) is 5.95. The number of β-lactam (4-membered cyclic amide) rings is 1. The maximum atomic E-state index is 12.0. The lowest BCUT2D eigenvalue weighted by Crippen LogP contribution is -2.66. The van der Waals surface area contributed by atoms with Gasteiger partial charge in [-0.15, -0.1) is 11.6 Å². The number of rotatable bonds is 5. The summed E-state index contributed by atoms with van der Waals surface area (Å²) in [6.07, 6.45) is 0. The maximum Gasteiger partial charge on any atom is 0.330 e. The average molecular weight is 314 g/mol. The summed E-state index contributed by atoms with van der Waals surface area (Å²) in [7, 11) is 0. The van der Waals surface area contributed by atoms with Crippen LogP contribution in [-0.2, 0) is 9.59 Å². The van der Waals surface area contributed by atoms with Gasteiger partial charge in [0, 0.05) is 5.88 Å². The van der Waals surface area contributed by atoms with Crippen LogP contribution in [0.5, 0.6) is 0 Å². The lowest BCUT2D eigenvalue weighted by Gasteiger charge is -2.44. The Morgan fingerprint density at radius 3 is 2.90 bits per heavy atom. The molecule has 1 fully saturated rings. The molecule has 2 aliphatic rings. The van der Waals surface area contributed by atoms with E-state index in [-0.39, 0.29) is 22.7 Å². The summed E-state index contributed by atoms with van der Waals surface area (Å²) < 4.78 is 0.